The third kappa shape index (κ3) is 6.21. The molecule has 1 atom stereocenters. The summed E-state index contributed by atoms with van der Waals surface area (Å²) in [5.74, 6) is 0.503. The first-order valence-corrected chi connectivity index (χ1v) is 15.7. The van der Waals surface area contributed by atoms with Gasteiger partial charge in [-0.1, -0.05) is 78.4 Å². The number of rotatable bonds is 8. The van der Waals surface area contributed by atoms with Crippen LogP contribution in [-0.2, 0) is 16.1 Å². The third-order valence-corrected chi connectivity index (χ3v) is 9.08. The van der Waals surface area contributed by atoms with Crippen LogP contribution in [0.15, 0.2) is 97.1 Å². The van der Waals surface area contributed by atoms with E-state index in [0.29, 0.717) is 11.6 Å². The van der Waals surface area contributed by atoms with Crippen LogP contribution in [-0.4, -0.2) is 41.0 Å². The fourth-order valence-corrected chi connectivity index (χ4v) is 6.89. The molecule has 1 N–H and O–H groups in total. The van der Waals surface area contributed by atoms with Gasteiger partial charge in [0.1, 0.15) is 23.9 Å². The molecule has 6 rings (SSSR count). The van der Waals surface area contributed by atoms with Crippen molar-refractivity contribution in [2.24, 2.45) is 0 Å². The first-order chi connectivity index (χ1) is 21.8. The number of benzene rings is 4. The number of anilines is 1. The van der Waals surface area contributed by atoms with E-state index >= 15 is 0 Å². The van der Waals surface area contributed by atoms with E-state index in [0.717, 1.165) is 44.8 Å². The van der Waals surface area contributed by atoms with Crippen molar-refractivity contribution in [1.82, 2.24) is 15.1 Å². The first-order valence-electron chi connectivity index (χ1n) is 14.7. The number of carbonyl (C=O) groups is 2. The molecule has 0 saturated carbocycles. The molecule has 0 aliphatic carbocycles. The highest BCUT2D eigenvalue weighted by Crippen LogP contribution is 2.50. The number of methoxy groups -OCH3 is 1. The molecule has 2 amide bonds. The molecule has 7 nitrogen and oxygen atoms in total. The predicted molar refractivity (Wildman–Crippen MR) is 176 cm³/mol. The SMILES string of the molecule is COc1ccccc1C1SCC(=O)N(CC(=O)NCc2ccc(F)cc2)c2c1c(-c1ccccc1)nn2-c1ccc(C)cc1C. The summed E-state index contributed by atoms with van der Waals surface area (Å²) in [5.41, 5.74) is 7.02. The number of ether oxygens (including phenoxy) is 1. The number of hydrogen-bond acceptors (Lipinski definition) is 5. The summed E-state index contributed by atoms with van der Waals surface area (Å²) in [4.78, 5) is 29.1. The molecule has 0 spiro atoms. The summed E-state index contributed by atoms with van der Waals surface area (Å²) in [5, 5.41) is 7.78. The summed E-state index contributed by atoms with van der Waals surface area (Å²) in [6, 6.07) is 29.8. The summed E-state index contributed by atoms with van der Waals surface area (Å²) in [6.45, 7) is 4.05. The lowest BCUT2D eigenvalue weighted by Crippen LogP contribution is -2.42. The topological polar surface area (TPSA) is 76.5 Å². The van der Waals surface area contributed by atoms with Crippen LogP contribution in [0.3, 0.4) is 0 Å². The van der Waals surface area contributed by atoms with Gasteiger partial charge >= 0.3 is 0 Å². The minimum Gasteiger partial charge on any atom is -0.496 e. The van der Waals surface area contributed by atoms with Gasteiger partial charge in [0.05, 0.1) is 29.5 Å². The Morgan fingerprint density at radius 2 is 1.73 bits per heavy atom. The Hall–Kier alpha value is -4.89. The number of nitrogens with zero attached hydrogens (tertiary/aromatic N) is 3. The van der Waals surface area contributed by atoms with E-state index in [4.69, 9.17) is 9.84 Å². The Kier molecular flexibility index (Phi) is 8.71. The number of carbonyl (C=O) groups excluding carboxylic acids is 2. The van der Waals surface area contributed by atoms with E-state index in [1.165, 1.54) is 23.9 Å². The Morgan fingerprint density at radius 1 is 1.00 bits per heavy atom. The highest BCUT2D eigenvalue weighted by Gasteiger charge is 2.38. The smallest absolute Gasteiger partial charge is 0.240 e. The minimum absolute atomic E-state index is 0.143. The zero-order chi connectivity index (χ0) is 31.5. The highest BCUT2D eigenvalue weighted by atomic mass is 32.2. The number of aromatic nitrogens is 2. The first kappa shape index (κ1) is 30.1. The molecule has 9 heteroatoms. The van der Waals surface area contributed by atoms with Gasteiger partial charge in [0.2, 0.25) is 11.8 Å². The number of fused-ring (bicyclic) bond motifs is 1. The van der Waals surface area contributed by atoms with Crippen molar-refractivity contribution in [1.29, 1.82) is 0 Å². The van der Waals surface area contributed by atoms with Crippen LogP contribution in [0.4, 0.5) is 10.2 Å². The maximum absolute atomic E-state index is 14.0. The lowest BCUT2D eigenvalue weighted by atomic mass is 9.99. The van der Waals surface area contributed by atoms with E-state index < -0.39 is 0 Å². The summed E-state index contributed by atoms with van der Waals surface area (Å²) in [6.07, 6.45) is 0. The van der Waals surface area contributed by atoms with Crippen molar-refractivity contribution >= 4 is 29.4 Å². The van der Waals surface area contributed by atoms with Gasteiger partial charge in [0.15, 0.2) is 0 Å². The molecule has 0 radical (unpaired) electrons. The number of para-hydroxylation sites is 1. The maximum atomic E-state index is 14.0. The van der Waals surface area contributed by atoms with E-state index in [9.17, 15) is 14.0 Å². The molecule has 228 valence electrons. The standard InChI is InChI=1S/C36H33FN4O3S/c1-23-13-18-29(24(2)19-23)41-36-33(34(39-41)26-9-5-4-6-10-26)35(28-11-7-8-12-30(28)44-3)45-22-32(43)40(36)21-31(42)38-20-25-14-16-27(37)17-15-25/h4-19,35H,20-22H2,1-3H3,(H,38,42). The van der Waals surface area contributed by atoms with E-state index in [2.05, 4.69) is 11.4 Å². The second-order valence-electron chi connectivity index (χ2n) is 11.0. The van der Waals surface area contributed by atoms with E-state index in [-0.39, 0.29) is 41.7 Å². The average molecular weight is 621 g/mol. The number of amides is 2. The molecule has 0 saturated heterocycles. The minimum atomic E-state index is -0.344. The highest BCUT2D eigenvalue weighted by molar-refractivity contribution is 8.00. The Bertz CT molecular complexity index is 1860. The molecular formula is C36H33FN4O3S. The average Bonchev–Trinajstić information content (AvgIpc) is 3.37. The van der Waals surface area contributed by atoms with Crippen molar-refractivity contribution in [2.75, 3.05) is 24.3 Å². The monoisotopic (exact) mass is 620 g/mol. The van der Waals surface area contributed by atoms with Crippen LogP contribution in [0.5, 0.6) is 5.75 Å². The van der Waals surface area contributed by atoms with Crippen LogP contribution in [0, 0.1) is 19.7 Å². The molecule has 1 unspecified atom stereocenters. The van der Waals surface area contributed by atoms with Crippen LogP contribution in [0.2, 0.25) is 0 Å². The molecule has 0 bridgehead atoms. The Morgan fingerprint density at radius 3 is 2.47 bits per heavy atom. The largest absolute Gasteiger partial charge is 0.496 e. The Labute approximate surface area is 266 Å². The van der Waals surface area contributed by atoms with Crippen molar-refractivity contribution in [3.8, 4) is 22.7 Å². The van der Waals surface area contributed by atoms with Gasteiger partial charge in [0.25, 0.3) is 0 Å². The van der Waals surface area contributed by atoms with Gasteiger partial charge in [-0.05, 0) is 49.2 Å². The van der Waals surface area contributed by atoms with Gasteiger partial charge in [-0.25, -0.2) is 9.07 Å². The van der Waals surface area contributed by atoms with Crippen molar-refractivity contribution in [2.45, 2.75) is 25.6 Å². The second-order valence-corrected chi connectivity index (χ2v) is 12.1. The number of halogens is 1. The van der Waals surface area contributed by atoms with Gasteiger partial charge in [-0.2, -0.15) is 5.10 Å². The van der Waals surface area contributed by atoms with Crippen LogP contribution in [0.25, 0.3) is 16.9 Å². The summed E-state index contributed by atoms with van der Waals surface area (Å²) in [7, 11) is 1.64. The fourth-order valence-electron chi connectivity index (χ4n) is 5.67. The number of nitrogens with one attached hydrogen (secondary N) is 1. The van der Waals surface area contributed by atoms with Gasteiger partial charge in [-0.3, -0.25) is 14.5 Å². The van der Waals surface area contributed by atoms with Crippen molar-refractivity contribution in [3.05, 3.63) is 131 Å². The summed E-state index contributed by atoms with van der Waals surface area (Å²) < 4.78 is 21.0. The quantitative estimate of drug-likeness (QED) is 0.207. The zero-order valence-corrected chi connectivity index (χ0v) is 26.1. The lowest BCUT2D eigenvalue weighted by Gasteiger charge is -2.24. The fraction of sp³-hybridized carbons (Fsp3) is 0.194. The molecule has 2 heterocycles. The third-order valence-electron chi connectivity index (χ3n) is 7.84. The molecular weight excluding hydrogens is 587 g/mol. The van der Waals surface area contributed by atoms with Gasteiger partial charge in [-0.15, -0.1) is 11.8 Å². The van der Waals surface area contributed by atoms with Crippen LogP contribution in [0.1, 0.15) is 33.1 Å². The molecule has 0 fully saturated rings. The van der Waals surface area contributed by atoms with Crippen molar-refractivity contribution < 1.29 is 18.7 Å². The predicted octanol–water partition coefficient (Wildman–Crippen LogP) is 6.79. The normalized spacial score (nSPS) is 14.5. The number of thioether (sulfide) groups is 1. The van der Waals surface area contributed by atoms with E-state index in [1.807, 2.05) is 85.3 Å². The van der Waals surface area contributed by atoms with Crippen LogP contribution >= 0.6 is 11.8 Å². The number of hydrogen-bond donors (Lipinski definition) is 1. The second kappa shape index (κ2) is 13.0. The lowest BCUT2D eigenvalue weighted by molar-refractivity contribution is -0.123. The molecule has 1 aromatic heterocycles. The molecule has 1 aliphatic heterocycles. The molecule has 4 aromatic carbocycles. The van der Waals surface area contributed by atoms with E-state index in [1.54, 1.807) is 24.1 Å². The molecule has 5 aromatic rings. The molecule has 1 aliphatic rings. The molecule has 45 heavy (non-hydrogen) atoms. The van der Waals surface area contributed by atoms with Gasteiger partial charge in [0, 0.05) is 23.2 Å². The Balaban J connectivity index is 1.53. The number of aryl methyl sites for hydroxylation is 2. The zero-order valence-electron chi connectivity index (χ0n) is 25.3. The van der Waals surface area contributed by atoms with Gasteiger partial charge < -0.3 is 10.1 Å². The van der Waals surface area contributed by atoms with Crippen molar-refractivity contribution in [3.63, 3.8) is 0 Å². The maximum Gasteiger partial charge on any atom is 0.240 e. The van der Waals surface area contributed by atoms with Crippen LogP contribution < -0.4 is 15.0 Å². The summed E-state index contributed by atoms with van der Waals surface area (Å²) >= 11 is 1.49.